The van der Waals surface area contributed by atoms with Crippen LogP contribution in [0.5, 0.6) is 0 Å². The van der Waals surface area contributed by atoms with Gasteiger partial charge in [-0.3, -0.25) is 4.79 Å². The summed E-state index contributed by atoms with van der Waals surface area (Å²) in [4.78, 5) is 54.1. The van der Waals surface area contributed by atoms with E-state index in [1.54, 1.807) is 59.9 Å². The van der Waals surface area contributed by atoms with Crippen molar-refractivity contribution in [2.75, 3.05) is 56.5 Å². The van der Waals surface area contributed by atoms with Crippen LogP contribution in [0, 0.1) is 37.0 Å². The summed E-state index contributed by atoms with van der Waals surface area (Å²) in [6, 6.07) is 8.22. The van der Waals surface area contributed by atoms with Crippen molar-refractivity contribution < 1.29 is 46.8 Å². The van der Waals surface area contributed by atoms with Crippen molar-refractivity contribution >= 4 is 60.8 Å². The second kappa shape index (κ2) is 23.7. The van der Waals surface area contributed by atoms with E-state index in [1.807, 2.05) is 61.5 Å². The topological polar surface area (TPSA) is 187 Å². The van der Waals surface area contributed by atoms with Gasteiger partial charge in [-0.1, -0.05) is 6.08 Å². The molecule has 0 radical (unpaired) electrons. The number of hydrogen-bond acceptors (Lipinski definition) is 11. The second-order valence-electron chi connectivity index (χ2n) is 17.1. The Balaban J connectivity index is 0.000000357. The van der Waals surface area contributed by atoms with Crippen molar-refractivity contribution in [1.82, 2.24) is 20.4 Å². The molecule has 1 saturated heterocycles. The summed E-state index contributed by atoms with van der Waals surface area (Å²) in [7, 11) is 2.71. The van der Waals surface area contributed by atoms with Crippen molar-refractivity contribution in [2.45, 2.75) is 99.4 Å². The molecule has 2 aliphatic heterocycles. The Labute approximate surface area is 364 Å². The van der Waals surface area contributed by atoms with Crippen LogP contribution >= 0.6 is 0 Å². The molecule has 2 heterocycles. The zero-order valence-corrected chi connectivity index (χ0v) is 37.9. The molecular weight excluding hydrogens is 805 g/mol. The van der Waals surface area contributed by atoms with E-state index in [4.69, 9.17) is 19.5 Å². The molecule has 0 aliphatic carbocycles. The zero-order valence-electron chi connectivity index (χ0n) is 37.9. The maximum absolute atomic E-state index is 14.3. The number of carbonyl (C=O) groups excluding carboxylic acids is 4. The molecule has 0 unspecified atom stereocenters. The molecular formula is C43H61BF2N8O8. The number of piperazine rings is 1. The molecule has 2 aromatic rings. The summed E-state index contributed by atoms with van der Waals surface area (Å²) in [5.74, 6) is -0.624. The Kier molecular flexibility index (Phi) is 19.9. The van der Waals surface area contributed by atoms with Gasteiger partial charge in [-0.15, -0.1) is 0 Å². The van der Waals surface area contributed by atoms with E-state index in [-0.39, 0.29) is 23.3 Å². The van der Waals surface area contributed by atoms with Crippen molar-refractivity contribution in [3.63, 3.8) is 0 Å². The third kappa shape index (κ3) is 19.5. The number of halogens is 2. The Morgan fingerprint density at radius 3 is 1.97 bits per heavy atom. The number of hydrogen-bond donors (Lipinski definition) is 3. The van der Waals surface area contributed by atoms with Gasteiger partial charge >= 0.3 is 171 Å². The van der Waals surface area contributed by atoms with E-state index < -0.39 is 23.4 Å². The molecule has 19 heteroatoms. The van der Waals surface area contributed by atoms with Crippen LogP contribution in [0.25, 0.3) is 5.57 Å². The van der Waals surface area contributed by atoms with Gasteiger partial charge in [0.05, 0.1) is 6.34 Å². The molecule has 0 bridgehead atoms. The van der Waals surface area contributed by atoms with Gasteiger partial charge in [0.1, 0.15) is 17.0 Å². The van der Waals surface area contributed by atoms with Gasteiger partial charge in [0.15, 0.2) is 0 Å². The first kappa shape index (κ1) is 52.0. The van der Waals surface area contributed by atoms with Crippen LogP contribution in [0.1, 0.15) is 85.4 Å². The molecule has 3 N–H and O–H groups in total. The number of aryl methyl sites for hydroxylation is 2. The predicted molar refractivity (Wildman–Crippen MR) is 237 cm³/mol. The maximum atomic E-state index is 14.3. The number of nitriles is 1. The molecule has 2 aliphatic rings. The molecule has 0 spiro atoms. The number of carbonyl (C=O) groups is 4. The number of anilines is 2. The van der Waals surface area contributed by atoms with Crippen LogP contribution in [-0.2, 0) is 23.7 Å². The average molecular weight is 867 g/mol. The van der Waals surface area contributed by atoms with Crippen LogP contribution < -0.4 is 20.9 Å². The van der Waals surface area contributed by atoms with Crippen LogP contribution in [-0.4, -0.2) is 117 Å². The van der Waals surface area contributed by atoms with Crippen LogP contribution in [0.3, 0.4) is 0 Å². The zero-order chi connectivity index (χ0) is 46.8. The van der Waals surface area contributed by atoms with E-state index in [1.165, 1.54) is 32.6 Å². The summed E-state index contributed by atoms with van der Waals surface area (Å²) >= 11 is 0. The fourth-order valence-corrected chi connectivity index (χ4v) is 5.66. The Bertz CT molecular complexity index is 1990. The average Bonchev–Trinajstić information content (AvgIpc) is 3.16. The van der Waals surface area contributed by atoms with Gasteiger partial charge in [0, 0.05) is 31.4 Å². The van der Waals surface area contributed by atoms with Crippen LogP contribution in [0.15, 0.2) is 41.4 Å². The Morgan fingerprint density at radius 2 is 1.47 bits per heavy atom. The number of alkyl carbamates (subject to hydrolysis) is 2. The summed E-state index contributed by atoms with van der Waals surface area (Å²) in [6.07, 6.45) is 4.42. The van der Waals surface area contributed by atoms with E-state index in [9.17, 15) is 28.0 Å². The monoisotopic (exact) mass is 866 g/mol. The summed E-state index contributed by atoms with van der Waals surface area (Å²) in [5.41, 5.74) is 2.82. The van der Waals surface area contributed by atoms with Gasteiger partial charge in [0.25, 0.3) is 0 Å². The molecule has 0 saturated carbocycles. The number of nitrogens with one attached hydrogen (secondary N) is 3. The number of nitrogens with zero attached hydrogens (tertiary/aromatic N) is 5. The first-order chi connectivity index (χ1) is 28.8. The van der Waals surface area contributed by atoms with E-state index in [0.717, 1.165) is 16.7 Å². The van der Waals surface area contributed by atoms with Gasteiger partial charge in [-0.2, -0.15) is 4.99 Å². The molecule has 62 heavy (non-hydrogen) atoms. The first-order valence-electron chi connectivity index (χ1n) is 20.0. The molecule has 338 valence electrons. The van der Waals surface area contributed by atoms with Crippen LogP contribution in [0.2, 0.25) is 0 Å². The van der Waals surface area contributed by atoms with Crippen molar-refractivity contribution in [3.8, 4) is 6.26 Å². The number of benzene rings is 2. The minimum absolute atomic E-state index is 0.251. The second-order valence-corrected chi connectivity index (χ2v) is 17.1. The van der Waals surface area contributed by atoms with E-state index in [0.29, 0.717) is 74.7 Å². The number of rotatable bonds is 8. The summed E-state index contributed by atoms with van der Waals surface area (Å²) < 4.78 is 48.4. The molecule has 4 rings (SSSR count). The normalized spacial score (nSPS) is 14.3. The van der Waals surface area contributed by atoms with Gasteiger partial charge < -0.3 is 25.0 Å². The molecule has 16 nitrogen and oxygen atoms in total. The van der Waals surface area contributed by atoms with Crippen LogP contribution in [0.4, 0.5) is 34.5 Å². The van der Waals surface area contributed by atoms with Gasteiger partial charge in [-0.25, -0.2) is 14.0 Å². The Hall–Kier alpha value is -6.19. The van der Waals surface area contributed by atoms with Crippen molar-refractivity contribution in [1.29, 1.82) is 5.26 Å². The fraction of sp³-hybridized carbons (Fsp3) is 0.512. The quantitative estimate of drug-likeness (QED) is 0.0625. The first-order valence-corrected chi connectivity index (χ1v) is 20.0. The molecule has 4 amide bonds. The third-order valence-electron chi connectivity index (χ3n) is 8.35. The molecule has 2 aromatic carbocycles. The summed E-state index contributed by atoms with van der Waals surface area (Å²) in [6.45, 7) is 23.0. The predicted octanol–water partition coefficient (Wildman–Crippen LogP) is 6.88. The minimum atomic E-state index is -0.646. The third-order valence-corrected chi connectivity index (χ3v) is 8.35. The Morgan fingerprint density at radius 1 is 0.855 bits per heavy atom. The molecule has 1 fully saturated rings. The number of aliphatic imine (C=N–C) groups is 1. The standard InChI is InChI=1S/C19H24FN3O3.C18H24BFN4O3.C6H13NO2/c1-13-9-15(16(20)10-17(13)22-12-24)14-5-7-23(8-6-14)11-21-18(25)26-19(2,3)4;1-13-5-6-15(14(20)11-13)23-7-9-24(10-8-23)16(19-26-12-21)22-17(25)27-18(2,3)4;1-6(2,3)9-5(8)7-4/h5,9-12H,6-8H2,1-4H3,(H,22,24);5-6,11H,7-10H2,1-4H3,(H,22,25);1-4H3,(H,7,8)/b21-11+;;. The van der Waals surface area contributed by atoms with Gasteiger partial charge in [-0.05, 0) is 78.2 Å². The SMILES string of the molecule is CNC(=O)OC(C)(C)C.Cc1cc(C2=CCN(/C=N/C(=O)OC(C)(C)C)CC2)c(F)cc1NC=O.Cc1ccc(N2CCN(C(=BOC#N)NC(=O)OC(C)(C)C)CC2)c(F)c1. The van der Waals surface area contributed by atoms with E-state index >= 15 is 0 Å². The summed E-state index contributed by atoms with van der Waals surface area (Å²) in [5, 5.41) is 16.1. The number of amides is 4. The van der Waals surface area contributed by atoms with E-state index in [2.05, 4.69) is 25.6 Å². The number of ether oxygens (including phenoxy) is 3. The molecule has 0 aromatic heterocycles. The fourth-order valence-electron chi connectivity index (χ4n) is 5.66. The van der Waals surface area contributed by atoms with Crippen molar-refractivity contribution in [3.05, 3.63) is 64.7 Å². The van der Waals surface area contributed by atoms with Crippen molar-refractivity contribution in [2.24, 2.45) is 4.99 Å². The molecule has 0 atom stereocenters. The van der Waals surface area contributed by atoms with Gasteiger partial charge in [0.2, 0.25) is 6.41 Å².